The van der Waals surface area contributed by atoms with Crippen molar-refractivity contribution in [2.45, 2.75) is 25.8 Å². The topological polar surface area (TPSA) is 29.5 Å². The summed E-state index contributed by atoms with van der Waals surface area (Å²) in [5.74, 6) is 1.67. The van der Waals surface area contributed by atoms with Crippen LogP contribution in [0.3, 0.4) is 0 Å². The summed E-state index contributed by atoms with van der Waals surface area (Å²) in [5, 5.41) is 8.64. The van der Waals surface area contributed by atoms with E-state index >= 15 is 0 Å². The smallest absolute Gasteiger partial charge is 0.226 e. The Morgan fingerprint density at radius 2 is 2.18 bits per heavy atom. The van der Waals surface area contributed by atoms with E-state index in [1.165, 1.54) is 12.8 Å². The third-order valence-corrected chi connectivity index (χ3v) is 2.80. The normalized spacial score (nSPS) is 28.9. The molecule has 1 rings (SSSR count). The highest BCUT2D eigenvalue weighted by atomic mass is 28.2. The van der Waals surface area contributed by atoms with Crippen LogP contribution in [0.15, 0.2) is 0 Å². The Morgan fingerprint density at radius 3 is 2.82 bits per heavy atom. The molecule has 0 unspecified atom stereocenters. The average Bonchev–Trinajstić information content (AvgIpc) is 2.70. The quantitative estimate of drug-likeness (QED) is 0.480. The summed E-state index contributed by atoms with van der Waals surface area (Å²) < 4.78 is 5.28. The van der Waals surface area contributed by atoms with Crippen LogP contribution in [0, 0.1) is 11.8 Å². The highest BCUT2D eigenvalue weighted by Gasteiger charge is 2.35. The molecule has 11 heavy (non-hydrogen) atoms. The van der Waals surface area contributed by atoms with Crippen molar-refractivity contribution in [1.82, 2.24) is 0 Å². The lowest BCUT2D eigenvalue weighted by molar-refractivity contribution is 0.271. The molecule has 0 amide bonds. The van der Waals surface area contributed by atoms with Crippen LogP contribution in [0.2, 0.25) is 6.55 Å². The molecule has 0 aromatic carbocycles. The summed E-state index contributed by atoms with van der Waals surface area (Å²) in [7, 11) is 0.629. The molecule has 64 valence electrons. The zero-order valence-corrected chi connectivity index (χ0v) is 8.05. The molecule has 0 aromatic heterocycles. The minimum Gasteiger partial charge on any atom is -0.418 e. The first kappa shape index (κ1) is 9.23. The molecule has 0 saturated heterocycles. The minimum absolute atomic E-state index is 0.359. The Kier molecular flexibility index (Phi) is 4.11. The van der Waals surface area contributed by atoms with Gasteiger partial charge in [0.25, 0.3) is 0 Å². The molecule has 1 fully saturated rings. The minimum atomic E-state index is 0.359. The van der Waals surface area contributed by atoms with Gasteiger partial charge in [0.05, 0.1) is 0 Å². The Hall–Kier alpha value is 0.137. The van der Waals surface area contributed by atoms with Crippen molar-refractivity contribution in [3.05, 3.63) is 0 Å². The fourth-order valence-electron chi connectivity index (χ4n) is 1.50. The fraction of sp³-hybridized carbons (Fsp3) is 1.00. The van der Waals surface area contributed by atoms with Crippen molar-refractivity contribution in [2.75, 3.05) is 13.2 Å². The van der Waals surface area contributed by atoms with Gasteiger partial charge >= 0.3 is 0 Å². The molecule has 2 radical (unpaired) electrons. The van der Waals surface area contributed by atoms with Gasteiger partial charge in [-0.05, 0) is 37.6 Å². The van der Waals surface area contributed by atoms with Crippen LogP contribution in [0.4, 0.5) is 0 Å². The predicted octanol–water partition coefficient (Wildman–Crippen LogP) is 1.08. The first-order valence-corrected chi connectivity index (χ1v) is 5.68. The fourth-order valence-corrected chi connectivity index (χ4v) is 1.82. The summed E-state index contributed by atoms with van der Waals surface area (Å²) in [6.45, 7) is 3.33. The molecule has 2 atom stereocenters. The Morgan fingerprint density at radius 1 is 1.45 bits per heavy atom. The predicted molar refractivity (Wildman–Crippen MR) is 45.5 cm³/mol. The molecule has 1 saturated carbocycles. The molecule has 0 heterocycles. The van der Waals surface area contributed by atoms with Crippen LogP contribution in [0.1, 0.15) is 19.3 Å². The van der Waals surface area contributed by atoms with Crippen LogP contribution < -0.4 is 0 Å². The highest BCUT2D eigenvalue weighted by Crippen LogP contribution is 2.43. The highest BCUT2D eigenvalue weighted by molar-refractivity contribution is 6.24. The second-order valence-electron chi connectivity index (χ2n) is 3.11. The van der Waals surface area contributed by atoms with Gasteiger partial charge in [0.1, 0.15) is 0 Å². The summed E-state index contributed by atoms with van der Waals surface area (Å²) in [6.07, 6.45) is 3.52. The molecule has 1 N–H and O–H groups in total. The van der Waals surface area contributed by atoms with Crippen LogP contribution in [0.25, 0.3) is 0 Å². The van der Waals surface area contributed by atoms with Gasteiger partial charge in [-0.3, -0.25) is 0 Å². The molecule has 2 nitrogen and oxygen atoms in total. The van der Waals surface area contributed by atoms with Gasteiger partial charge in [-0.25, -0.2) is 0 Å². The summed E-state index contributed by atoms with van der Waals surface area (Å²) in [5.41, 5.74) is 0. The van der Waals surface area contributed by atoms with Gasteiger partial charge < -0.3 is 9.53 Å². The van der Waals surface area contributed by atoms with Crippen LogP contribution in [0.5, 0.6) is 0 Å². The molecule has 1 aliphatic carbocycles. The molecular weight excluding hydrogens is 156 g/mol. The molecule has 0 spiro atoms. The average molecular weight is 172 g/mol. The van der Waals surface area contributed by atoms with E-state index in [0.29, 0.717) is 16.4 Å². The monoisotopic (exact) mass is 172 g/mol. The lowest BCUT2D eigenvalue weighted by atomic mass is 10.2. The Balaban J connectivity index is 1.87. The van der Waals surface area contributed by atoms with Gasteiger partial charge in [0.2, 0.25) is 9.76 Å². The van der Waals surface area contributed by atoms with Crippen LogP contribution >= 0.6 is 0 Å². The molecule has 0 aliphatic heterocycles. The number of rotatable bonds is 6. The number of hydrogen-bond acceptors (Lipinski definition) is 2. The van der Waals surface area contributed by atoms with Gasteiger partial charge in [-0.2, -0.15) is 0 Å². The van der Waals surface area contributed by atoms with Crippen LogP contribution in [-0.4, -0.2) is 28.1 Å². The number of aliphatic hydroxyl groups excluding tert-OH is 1. The first-order chi connectivity index (χ1) is 5.38. The van der Waals surface area contributed by atoms with Gasteiger partial charge in [0, 0.05) is 13.2 Å². The third-order valence-electron chi connectivity index (χ3n) is 2.30. The SMILES string of the molecule is C[Si]OCC[C@@H]1C[C@H]1CCO. The number of aliphatic hydroxyl groups is 1. The maximum atomic E-state index is 8.64. The largest absolute Gasteiger partial charge is 0.418 e. The van der Waals surface area contributed by atoms with Crippen molar-refractivity contribution in [1.29, 1.82) is 0 Å². The molecule has 3 heteroatoms. The van der Waals surface area contributed by atoms with Crippen molar-refractivity contribution in [2.24, 2.45) is 11.8 Å². The third kappa shape index (κ3) is 3.36. The zero-order valence-electron chi connectivity index (χ0n) is 7.05. The van der Waals surface area contributed by atoms with Gasteiger partial charge in [-0.15, -0.1) is 0 Å². The van der Waals surface area contributed by atoms with E-state index in [1.807, 2.05) is 0 Å². The van der Waals surface area contributed by atoms with E-state index in [4.69, 9.17) is 9.53 Å². The molecule has 1 aliphatic rings. The maximum absolute atomic E-state index is 8.64. The van der Waals surface area contributed by atoms with Crippen molar-refractivity contribution in [3.63, 3.8) is 0 Å². The standard InChI is InChI=1S/C8H16O2Si/c1-11-10-5-3-8-6-7(8)2-4-9/h7-9H,2-6H2,1H3/t7-,8-/m1/s1. The summed E-state index contributed by atoms with van der Waals surface area (Å²) in [4.78, 5) is 0. The second-order valence-corrected chi connectivity index (χ2v) is 3.81. The lowest BCUT2D eigenvalue weighted by Crippen LogP contribution is -1.98. The van der Waals surface area contributed by atoms with Crippen LogP contribution in [-0.2, 0) is 4.43 Å². The van der Waals surface area contributed by atoms with Gasteiger partial charge in [0.15, 0.2) is 0 Å². The van der Waals surface area contributed by atoms with Gasteiger partial charge in [-0.1, -0.05) is 0 Å². The maximum Gasteiger partial charge on any atom is 0.226 e. The Bertz CT molecular complexity index is 108. The number of hydrogen-bond donors (Lipinski definition) is 1. The first-order valence-electron chi connectivity index (χ1n) is 4.28. The van der Waals surface area contributed by atoms with Crippen molar-refractivity contribution >= 4 is 9.76 Å². The van der Waals surface area contributed by atoms with E-state index in [9.17, 15) is 0 Å². The zero-order chi connectivity index (χ0) is 8.10. The molecule has 0 aromatic rings. The lowest BCUT2D eigenvalue weighted by Gasteiger charge is -1.98. The second kappa shape index (κ2) is 4.90. The molecular formula is C8H16O2Si. The summed E-state index contributed by atoms with van der Waals surface area (Å²) in [6, 6.07) is 0. The van der Waals surface area contributed by atoms with E-state index < -0.39 is 0 Å². The molecule has 0 bridgehead atoms. The van der Waals surface area contributed by atoms with Crippen molar-refractivity contribution < 1.29 is 9.53 Å². The van der Waals surface area contributed by atoms with E-state index in [-0.39, 0.29) is 0 Å². The van der Waals surface area contributed by atoms with E-state index in [1.54, 1.807) is 0 Å². The van der Waals surface area contributed by atoms with Crippen molar-refractivity contribution in [3.8, 4) is 0 Å². The van der Waals surface area contributed by atoms with E-state index in [2.05, 4.69) is 6.55 Å². The van der Waals surface area contributed by atoms with E-state index in [0.717, 1.165) is 24.9 Å². The summed E-state index contributed by atoms with van der Waals surface area (Å²) >= 11 is 0. The Labute approximate surface area is 70.9 Å².